The highest BCUT2D eigenvalue weighted by atomic mass is 79.9. The lowest BCUT2D eigenvalue weighted by Gasteiger charge is -2.13. The summed E-state index contributed by atoms with van der Waals surface area (Å²) in [6.45, 7) is 2.20. The van der Waals surface area contributed by atoms with Crippen molar-refractivity contribution < 1.29 is 0 Å². The molecule has 0 saturated heterocycles. The third kappa shape index (κ3) is 1.94. The van der Waals surface area contributed by atoms with Crippen molar-refractivity contribution in [2.75, 3.05) is 0 Å². The zero-order chi connectivity index (χ0) is 6.85. The van der Waals surface area contributed by atoms with Gasteiger partial charge in [-0.2, -0.15) is 0 Å². The third-order valence-electron chi connectivity index (χ3n) is 1.40. The SMILES string of the molecule is CC1CC(Br)=CC=C1Br. The van der Waals surface area contributed by atoms with E-state index in [1.165, 1.54) is 8.96 Å². The van der Waals surface area contributed by atoms with Gasteiger partial charge in [-0.1, -0.05) is 50.9 Å². The van der Waals surface area contributed by atoms with Gasteiger partial charge in [-0.25, -0.2) is 0 Å². The van der Waals surface area contributed by atoms with Gasteiger partial charge in [0.1, 0.15) is 0 Å². The van der Waals surface area contributed by atoms with Gasteiger partial charge in [0.25, 0.3) is 0 Å². The first-order chi connectivity index (χ1) is 4.20. The van der Waals surface area contributed by atoms with Crippen molar-refractivity contribution in [3.8, 4) is 0 Å². The summed E-state index contributed by atoms with van der Waals surface area (Å²) in [5.41, 5.74) is 0. The lowest BCUT2D eigenvalue weighted by molar-refractivity contribution is 0.722. The quantitative estimate of drug-likeness (QED) is 0.618. The average Bonchev–Trinajstić information content (AvgIpc) is 1.80. The molecule has 0 aromatic heterocycles. The molecule has 0 N–H and O–H groups in total. The first-order valence-electron chi connectivity index (χ1n) is 2.92. The fraction of sp³-hybridized carbons (Fsp3) is 0.429. The molecule has 0 aromatic rings. The van der Waals surface area contributed by atoms with Gasteiger partial charge in [0, 0.05) is 0 Å². The van der Waals surface area contributed by atoms with Crippen LogP contribution in [0.2, 0.25) is 0 Å². The maximum Gasteiger partial charge on any atom is -0.00174 e. The Hall–Kier alpha value is 0.440. The van der Waals surface area contributed by atoms with E-state index in [2.05, 4.69) is 50.9 Å². The van der Waals surface area contributed by atoms with E-state index in [1.54, 1.807) is 0 Å². The predicted molar refractivity (Wildman–Crippen MR) is 47.8 cm³/mol. The van der Waals surface area contributed by atoms with Gasteiger partial charge in [0.15, 0.2) is 0 Å². The van der Waals surface area contributed by atoms with Crippen molar-refractivity contribution in [3.05, 3.63) is 21.1 Å². The first-order valence-corrected chi connectivity index (χ1v) is 4.50. The summed E-state index contributed by atoms with van der Waals surface area (Å²) in [4.78, 5) is 0. The molecule has 0 nitrogen and oxygen atoms in total. The van der Waals surface area contributed by atoms with E-state index >= 15 is 0 Å². The van der Waals surface area contributed by atoms with Gasteiger partial charge < -0.3 is 0 Å². The van der Waals surface area contributed by atoms with Gasteiger partial charge in [0.2, 0.25) is 0 Å². The molecule has 1 atom stereocenters. The van der Waals surface area contributed by atoms with E-state index in [1.807, 2.05) is 0 Å². The van der Waals surface area contributed by atoms with E-state index in [0.717, 1.165) is 6.42 Å². The summed E-state index contributed by atoms with van der Waals surface area (Å²) in [7, 11) is 0. The Kier molecular flexibility index (Phi) is 2.53. The van der Waals surface area contributed by atoms with Crippen LogP contribution in [0.1, 0.15) is 13.3 Å². The Morgan fingerprint density at radius 3 is 2.56 bits per heavy atom. The highest BCUT2D eigenvalue weighted by Crippen LogP contribution is 2.30. The Balaban J connectivity index is 2.74. The van der Waals surface area contributed by atoms with Crippen LogP contribution in [0.5, 0.6) is 0 Å². The zero-order valence-corrected chi connectivity index (χ0v) is 8.37. The van der Waals surface area contributed by atoms with Crippen LogP contribution < -0.4 is 0 Å². The normalized spacial score (nSPS) is 27.2. The van der Waals surface area contributed by atoms with E-state index in [0.29, 0.717) is 5.92 Å². The zero-order valence-electron chi connectivity index (χ0n) is 5.20. The molecule has 50 valence electrons. The molecule has 1 aliphatic carbocycles. The minimum atomic E-state index is 0.643. The van der Waals surface area contributed by atoms with Crippen LogP contribution in [0.4, 0.5) is 0 Å². The Morgan fingerprint density at radius 1 is 1.44 bits per heavy atom. The number of rotatable bonds is 0. The highest BCUT2D eigenvalue weighted by Gasteiger charge is 2.09. The highest BCUT2D eigenvalue weighted by molar-refractivity contribution is 9.12. The first kappa shape index (κ1) is 7.55. The van der Waals surface area contributed by atoms with Crippen LogP contribution in [0, 0.1) is 5.92 Å². The van der Waals surface area contributed by atoms with Crippen molar-refractivity contribution >= 4 is 31.9 Å². The van der Waals surface area contributed by atoms with Crippen LogP contribution in [0.25, 0.3) is 0 Å². The maximum absolute atomic E-state index is 3.48. The maximum atomic E-state index is 3.48. The molecule has 0 amide bonds. The topological polar surface area (TPSA) is 0 Å². The van der Waals surface area contributed by atoms with E-state index in [-0.39, 0.29) is 0 Å². The van der Waals surface area contributed by atoms with Gasteiger partial charge >= 0.3 is 0 Å². The second-order valence-electron chi connectivity index (χ2n) is 2.27. The fourth-order valence-corrected chi connectivity index (χ4v) is 1.70. The smallest absolute Gasteiger partial charge is 0.00174 e. The van der Waals surface area contributed by atoms with Gasteiger partial charge in [-0.15, -0.1) is 0 Å². The largest absolute Gasteiger partial charge is 0.0576 e. The summed E-state index contributed by atoms with van der Waals surface area (Å²) in [6.07, 6.45) is 5.30. The van der Waals surface area contributed by atoms with Crippen molar-refractivity contribution in [2.45, 2.75) is 13.3 Å². The van der Waals surface area contributed by atoms with Crippen LogP contribution in [-0.2, 0) is 0 Å². The number of halogens is 2. The number of hydrogen-bond acceptors (Lipinski definition) is 0. The minimum Gasteiger partial charge on any atom is -0.0576 e. The summed E-state index contributed by atoms with van der Waals surface area (Å²) in [5, 5.41) is 0. The van der Waals surface area contributed by atoms with E-state index < -0.39 is 0 Å². The molecule has 0 aliphatic heterocycles. The van der Waals surface area contributed by atoms with Crippen LogP contribution in [0.3, 0.4) is 0 Å². The second kappa shape index (κ2) is 3.02. The van der Waals surface area contributed by atoms with Gasteiger partial charge in [-0.3, -0.25) is 0 Å². The monoisotopic (exact) mass is 250 g/mol. The molecule has 0 saturated carbocycles. The summed E-state index contributed by atoms with van der Waals surface area (Å²) >= 11 is 6.93. The summed E-state index contributed by atoms with van der Waals surface area (Å²) < 4.78 is 2.59. The molecule has 0 spiro atoms. The van der Waals surface area contributed by atoms with Gasteiger partial charge in [0.05, 0.1) is 0 Å². The second-order valence-corrected chi connectivity index (χ2v) is 4.20. The molecule has 0 heterocycles. The molecule has 1 unspecified atom stereocenters. The fourth-order valence-electron chi connectivity index (χ4n) is 0.792. The number of allylic oxidation sites excluding steroid dienone is 4. The lowest BCUT2D eigenvalue weighted by Crippen LogP contribution is -1.97. The van der Waals surface area contributed by atoms with E-state index in [9.17, 15) is 0 Å². The average molecular weight is 252 g/mol. The van der Waals surface area contributed by atoms with Crippen molar-refractivity contribution in [1.82, 2.24) is 0 Å². The van der Waals surface area contributed by atoms with Crippen molar-refractivity contribution in [2.24, 2.45) is 5.92 Å². The van der Waals surface area contributed by atoms with Crippen LogP contribution in [-0.4, -0.2) is 0 Å². The summed E-state index contributed by atoms with van der Waals surface area (Å²) in [6, 6.07) is 0. The Labute approximate surface area is 72.3 Å². The van der Waals surface area contributed by atoms with Crippen LogP contribution >= 0.6 is 31.9 Å². The molecule has 1 rings (SSSR count). The predicted octanol–water partition coefficient (Wildman–Crippen LogP) is 3.58. The van der Waals surface area contributed by atoms with Gasteiger partial charge in [-0.05, 0) is 21.3 Å². The molecule has 1 aliphatic rings. The number of hydrogen-bond donors (Lipinski definition) is 0. The molecular weight excluding hydrogens is 244 g/mol. The molecule has 0 aromatic carbocycles. The summed E-state index contributed by atoms with van der Waals surface area (Å²) in [5.74, 6) is 0.643. The van der Waals surface area contributed by atoms with Crippen molar-refractivity contribution in [3.63, 3.8) is 0 Å². The lowest BCUT2D eigenvalue weighted by atomic mass is 10.0. The van der Waals surface area contributed by atoms with Crippen LogP contribution in [0.15, 0.2) is 21.1 Å². The molecular formula is C7H8Br2. The Bertz CT molecular complexity index is 168. The molecule has 0 bridgehead atoms. The molecule has 0 fully saturated rings. The van der Waals surface area contributed by atoms with Crippen molar-refractivity contribution in [1.29, 1.82) is 0 Å². The third-order valence-corrected chi connectivity index (χ3v) is 3.03. The molecule has 2 heteroatoms. The van der Waals surface area contributed by atoms with E-state index in [4.69, 9.17) is 0 Å². The standard InChI is InChI=1S/C7H8Br2/c1-5-4-6(8)2-3-7(5)9/h2-3,5H,4H2,1H3. The molecule has 9 heavy (non-hydrogen) atoms. The minimum absolute atomic E-state index is 0.643. The Morgan fingerprint density at radius 2 is 2.11 bits per heavy atom. The molecule has 0 radical (unpaired) electrons.